The van der Waals surface area contributed by atoms with Crippen LogP contribution in [0.4, 0.5) is 0 Å². The number of hydrogen-bond donors (Lipinski definition) is 1. The lowest BCUT2D eigenvalue weighted by Gasteiger charge is -2.38. The first kappa shape index (κ1) is 22.7. The zero-order valence-corrected chi connectivity index (χ0v) is 19.2. The number of piperazine rings is 1. The SMILES string of the molecule is CC(CN1C[C@@H]2CC1C(=O)N2C(C)c1ccc(S(N)(=O)=O)cc1)C(=O)N1CCCC1C#N. The molecule has 0 aliphatic carbocycles. The van der Waals surface area contributed by atoms with Crippen LogP contribution in [0.5, 0.6) is 0 Å². The van der Waals surface area contributed by atoms with Crippen LogP contribution in [-0.2, 0) is 19.6 Å². The first-order chi connectivity index (χ1) is 15.1. The smallest absolute Gasteiger partial charge is 0.240 e. The molecule has 2 bridgehead atoms. The fraction of sp³-hybridized carbons (Fsp3) is 0.591. The molecule has 2 amide bonds. The number of rotatable bonds is 6. The number of likely N-dealkylation sites (tertiary alicyclic amines) is 3. The number of carbonyl (C=O) groups excluding carboxylic acids is 2. The highest BCUT2D eigenvalue weighted by Gasteiger charge is 2.51. The fourth-order valence-corrected chi connectivity index (χ4v) is 5.89. The van der Waals surface area contributed by atoms with Gasteiger partial charge in [0, 0.05) is 31.6 Å². The van der Waals surface area contributed by atoms with Crippen LogP contribution < -0.4 is 5.14 Å². The highest BCUT2D eigenvalue weighted by Crippen LogP contribution is 2.38. The minimum Gasteiger partial charge on any atom is -0.330 e. The predicted molar refractivity (Wildman–Crippen MR) is 116 cm³/mol. The van der Waals surface area contributed by atoms with Crippen molar-refractivity contribution in [3.05, 3.63) is 29.8 Å². The predicted octanol–water partition coefficient (Wildman–Crippen LogP) is 0.831. The molecule has 9 nitrogen and oxygen atoms in total. The Morgan fingerprint density at radius 2 is 1.97 bits per heavy atom. The largest absolute Gasteiger partial charge is 0.330 e. The number of nitrogens with zero attached hydrogens (tertiary/aromatic N) is 4. The van der Waals surface area contributed by atoms with Gasteiger partial charge in [0.1, 0.15) is 6.04 Å². The summed E-state index contributed by atoms with van der Waals surface area (Å²) in [5.74, 6) is -0.239. The molecule has 2 N–H and O–H groups in total. The Labute approximate surface area is 188 Å². The Balaban J connectivity index is 1.40. The third-order valence-electron chi connectivity index (χ3n) is 7.04. The molecular weight excluding hydrogens is 430 g/mol. The fourth-order valence-electron chi connectivity index (χ4n) is 5.37. The van der Waals surface area contributed by atoms with E-state index in [1.807, 2.05) is 18.7 Å². The summed E-state index contributed by atoms with van der Waals surface area (Å²) in [6.07, 6.45) is 2.31. The summed E-state index contributed by atoms with van der Waals surface area (Å²) in [5.41, 5.74) is 0.852. The van der Waals surface area contributed by atoms with Crippen molar-refractivity contribution in [1.29, 1.82) is 5.26 Å². The van der Waals surface area contributed by atoms with E-state index in [0.717, 1.165) is 24.8 Å². The normalized spacial score (nSPS) is 27.6. The number of nitriles is 1. The molecule has 4 unspecified atom stereocenters. The van der Waals surface area contributed by atoms with E-state index >= 15 is 0 Å². The summed E-state index contributed by atoms with van der Waals surface area (Å²) in [4.78, 5) is 31.7. The van der Waals surface area contributed by atoms with Gasteiger partial charge < -0.3 is 9.80 Å². The van der Waals surface area contributed by atoms with Crippen molar-refractivity contribution in [2.24, 2.45) is 11.1 Å². The number of carbonyl (C=O) groups is 2. The van der Waals surface area contributed by atoms with Gasteiger partial charge >= 0.3 is 0 Å². The van der Waals surface area contributed by atoms with Crippen LogP contribution in [0.25, 0.3) is 0 Å². The van der Waals surface area contributed by atoms with Crippen molar-refractivity contribution in [1.82, 2.24) is 14.7 Å². The summed E-state index contributed by atoms with van der Waals surface area (Å²) in [6.45, 7) is 5.65. The average molecular weight is 460 g/mol. The number of nitrogens with two attached hydrogens (primary N) is 1. The molecule has 0 saturated carbocycles. The first-order valence-electron chi connectivity index (χ1n) is 11.0. The third-order valence-corrected chi connectivity index (χ3v) is 7.97. The van der Waals surface area contributed by atoms with Crippen LogP contribution in [0.15, 0.2) is 29.2 Å². The van der Waals surface area contributed by atoms with E-state index in [4.69, 9.17) is 5.14 Å². The van der Waals surface area contributed by atoms with Crippen molar-refractivity contribution in [2.75, 3.05) is 19.6 Å². The molecule has 0 spiro atoms. The standard InChI is InChI=1S/C22H29N5O4S/c1-14(21(28)26-9-3-4-17(26)11-23)12-25-13-18-10-20(25)22(29)27(18)15(2)16-5-7-19(8-6-16)32(24,30)31/h5-8,14-15,17-18,20H,3-4,9-10,12-13H2,1-2H3,(H2,24,30,31)/t14?,15?,17?,18-,20?/m0/s1. The lowest BCUT2D eigenvalue weighted by Crippen LogP contribution is -2.53. The molecule has 4 rings (SSSR count). The van der Waals surface area contributed by atoms with E-state index < -0.39 is 10.0 Å². The van der Waals surface area contributed by atoms with Gasteiger partial charge in [-0.3, -0.25) is 14.5 Å². The van der Waals surface area contributed by atoms with Gasteiger partial charge in [-0.15, -0.1) is 0 Å². The minimum atomic E-state index is -3.76. The highest BCUT2D eigenvalue weighted by atomic mass is 32.2. The van der Waals surface area contributed by atoms with Crippen molar-refractivity contribution in [3.8, 4) is 6.07 Å². The molecule has 5 atom stereocenters. The second-order valence-corrected chi connectivity index (χ2v) is 10.7. The van der Waals surface area contributed by atoms with Crippen molar-refractivity contribution < 1.29 is 18.0 Å². The average Bonchev–Trinajstić information content (AvgIpc) is 3.46. The topological polar surface area (TPSA) is 128 Å². The molecule has 172 valence electrons. The summed E-state index contributed by atoms with van der Waals surface area (Å²) in [6, 6.07) is 7.83. The number of amides is 2. The quantitative estimate of drug-likeness (QED) is 0.671. The maximum atomic E-state index is 13.2. The number of hydrogen-bond acceptors (Lipinski definition) is 6. The Morgan fingerprint density at radius 1 is 1.28 bits per heavy atom. The van der Waals surface area contributed by atoms with E-state index in [0.29, 0.717) is 19.6 Å². The minimum absolute atomic E-state index is 0.00978. The van der Waals surface area contributed by atoms with Crippen LogP contribution in [-0.4, -0.2) is 72.7 Å². The molecule has 3 aliphatic heterocycles. The lowest BCUT2D eigenvalue weighted by molar-refractivity contribution is -0.142. The second-order valence-electron chi connectivity index (χ2n) is 9.11. The van der Waals surface area contributed by atoms with Gasteiger partial charge in [-0.2, -0.15) is 5.26 Å². The lowest BCUT2D eigenvalue weighted by atomic mass is 10.0. The van der Waals surface area contributed by atoms with Gasteiger partial charge in [0.05, 0.1) is 23.0 Å². The monoisotopic (exact) mass is 459 g/mol. The highest BCUT2D eigenvalue weighted by molar-refractivity contribution is 7.89. The van der Waals surface area contributed by atoms with Gasteiger partial charge in [-0.1, -0.05) is 19.1 Å². The van der Waals surface area contributed by atoms with Crippen molar-refractivity contribution in [3.63, 3.8) is 0 Å². The molecule has 0 radical (unpaired) electrons. The van der Waals surface area contributed by atoms with Gasteiger partial charge in [0.25, 0.3) is 0 Å². The summed E-state index contributed by atoms with van der Waals surface area (Å²) < 4.78 is 23.0. The Kier molecular flexibility index (Phi) is 6.00. The van der Waals surface area contributed by atoms with Gasteiger partial charge in [0.15, 0.2) is 0 Å². The number of benzene rings is 1. The molecular formula is C22H29N5O4S. The van der Waals surface area contributed by atoms with Gasteiger partial charge in [0.2, 0.25) is 21.8 Å². The molecule has 3 aliphatic rings. The molecule has 3 fully saturated rings. The van der Waals surface area contributed by atoms with E-state index in [9.17, 15) is 23.3 Å². The Hall–Kier alpha value is -2.48. The number of sulfonamides is 1. The summed E-state index contributed by atoms with van der Waals surface area (Å²) in [7, 11) is -3.76. The van der Waals surface area contributed by atoms with Crippen LogP contribution in [0.1, 0.15) is 44.7 Å². The Morgan fingerprint density at radius 3 is 2.56 bits per heavy atom. The zero-order chi connectivity index (χ0) is 23.2. The van der Waals surface area contributed by atoms with E-state index in [1.165, 1.54) is 12.1 Å². The van der Waals surface area contributed by atoms with Crippen LogP contribution >= 0.6 is 0 Å². The van der Waals surface area contributed by atoms with Crippen molar-refractivity contribution in [2.45, 2.75) is 62.2 Å². The maximum absolute atomic E-state index is 13.2. The van der Waals surface area contributed by atoms with E-state index in [2.05, 4.69) is 11.0 Å². The molecule has 1 aromatic carbocycles. The zero-order valence-electron chi connectivity index (χ0n) is 18.3. The second kappa shape index (κ2) is 8.46. The van der Waals surface area contributed by atoms with Gasteiger partial charge in [-0.05, 0) is 43.9 Å². The summed E-state index contributed by atoms with van der Waals surface area (Å²) in [5, 5.41) is 14.4. The maximum Gasteiger partial charge on any atom is 0.240 e. The van der Waals surface area contributed by atoms with Crippen LogP contribution in [0, 0.1) is 17.2 Å². The van der Waals surface area contributed by atoms with E-state index in [1.54, 1.807) is 17.0 Å². The van der Waals surface area contributed by atoms with Crippen molar-refractivity contribution >= 4 is 21.8 Å². The van der Waals surface area contributed by atoms with E-state index in [-0.39, 0.29) is 46.8 Å². The molecule has 3 saturated heterocycles. The Bertz CT molecular complexity index is 1050. The number of primary sulfonamides is 1. The molecule has 0 aromatic heterocycles. The molecule has 1 aromatic rings. The van der Waals surface area contributed by atoms with Crippen LogP contribution in [0.3, 0.4) is 0 Å². The van der Waals surface area contributed by atoms with Crippen LogP contribution in [0.2, 0.25) is 0 Å². The third kappa shape index (κ3) is 4.00. The molecule has 3 heterocycles. The summed E-state index contributed by atoms with van der Waals surface area (Å²) >= 11 is 0. The molecule has 10 heteroatoms. The molecule has 32 heavy (non-hydrogen) atoms. The first-order valence-corrected chi connectivity index (χ1v) is 12.6. The van der Waals surface area contributed by atoms with Gasteiger partial charge in [-0.25, -0.2) is 13.6 Å². The number of fused-ring (bicyclic) bond motifs is 2.